The van der Waals surface area contributed by atoms with Gasteiger partial charge >= 0.3 is 0 Å². The number of hydrogen-bond acceptors (Lipinski definition) is 7. The van der Waals surface area contributed by atoms with Gasteiger partial charge in [-0.05, 0) is 17.7 Å². The normalized spacial score (nSPS) is 33.3. The third-order valence-electron chi connectivity index (χ3n) is 3.08. The molecule has 116 valence electrons. The highest BCUT2D eigenvalue weighted by molar-refractivity contribution is 9.10. The number of rotatable bonds is 4. The molecule has 21 heavy (non-hydrogen) atoms. The smallest absolute Gasteiger partial charge is 0.256 e. The molecule has 1 fully saturated rings. The van der Waals surface area contributed by atoms with Crippen LogP contribution in [0.1, 0.15) is 5.56 Å². The highest BCUT2D eigenvalue weighted by Gasteiger charge is 2.44. The van der Waals surface area contributed by atoms with Gasteiger partial charge in [0.15, 0.2) is 0 Å². The Balaban J connectivity index is 1.96. The number of aliphatic hydroxyl groups excluding tert-OH is 4. The lowest BCUT2D eigenvalue weighted by molar-refractivity contribution is -0.301. The molecule has 1 aliphatic rings. The molecule has 7 nitrogen and oxygen atoms in total. The van der Waals surface area contributed by atoms with Crippen LogP contribution in [0.4, 0.5) is 0 Å². The molecule has 5 atom stereocenters. The second kappa shape index (κ2) is 7.30. The van der Waals surface area contributed by atoms with Crippen LogP contribution in [-0.4, -0.2) is 64.0 Å². The van der Waals surface area contributed by atoms with Gasteiger partial charge in [0.25, 0.3) is 6.29 Å². The molecule has 0 radical (unpaired) electrons. The third kappa shape index (κ3) is 4.00. The van der Waals surface area contributed by atoms with Gasteiger partial charge in [-0.3, -0.25) is 0 Å². The maximum absolute atomic E-state index is 9.73. The van der Waals surface area contributed by atoms with Crippen LogP contribution in [0.25, 0.3) is 0 Å². The van der Waals surface area contributed by atoms with Crippen molar-refractivity contribution in [1.29, 1.82) is 0 Å². The zero-order valence-corrected chi connectivity index (χ0v) is 12.5. The van der Waals surface area contributed by atoms with Gasteiger partial charge < -0.3 is 30.0 Å². The number of aliphatic hydroxyl groups is 4. The first kappa shape index (κ1) is 16.3. The van der Waals surface area contributed by atoms with Crippen molar-refractivity contribution in [2.24, 2.45) is 5.16 Å². The molecule has 1 aromatic rings. The van der Waals surface area contributed by atoms with Crippen LogP contribution in [0, 0.1) is 0 Å². The number of oxime groups is 1. The van der Waals surface area contributed by atoms with Crippen molar-refractivity contribution in [3.8, 4) is 0 Å². The van der Waals surface area contributed by atoms with Crippen LogP contribution in [-0.2, 0) is 9.57 Å². The summed E-state index contributed by atoms with van der Waals surface area (Å²) in [5, 5.41) is 41.6. The van der Waals surface area contributed by atoms with Crippen molar-refractivity contribution < 1.29 is 30.0 Å². The minimum atomic E-state index is -1.48. The van der Waals surface area contributed by atoms with E-state index >= 15 is 0 Å². The fourth-order valence-corrected chi connectivity index (χ4v) is 2.12. The molecule has 0 saturated carbocycles. The number of nitrogens with zero attached hydrogens (tertiary/aromatic N) is 1. The Morgan fingerprint density at radius 3 is 2.43 bits per heavy atom. The van der Waals surface area contributed by atoms with Gasteiger partial charge in [0.05, 0.1) is 12.8 Å². The van der Waals surface area contributed by atoms with Crippen molar-refractivity contribution in [1.82, 2.24) is 0 Å². The number of benzene rings is 1. The van der Waals surface area contributed by atoms with Crippen molar-refractivity contribution in [2.45, 2.75) is 30.7 Å². The summed E-state index contributed by atoms with van der Waals surface area (Å²) in [5.74, 6) is 0. The Hall–Kier alpha value is -1.03. The molecule has 0 bridgehead atoms. The number of ether oxygens (including phenoxy) is 1. The molecular weight excluding hydrogens is 346 g/mol. The van der Waals surface area contributed by atoms with E-state index < -0.39 is 37.3 Å². The van der Waals surface area contributed by atoms with Gasteiger partial charge in [0.2, 0.25) is 0 Å². The van der Waals surface area contributed by atoms with Crippen molar-refractivity contribution in [3.63, 3.8) is 0 Å². The second-order valence-corrected chi connectivity index (χ2v) is 5.50. The lowest BCUT2D eigenvalue weighted by Crippen LogP contribution is -2.58. The summed E-state index contributed by atoms with van der Waals surface area (Å²) in [5.41, 5.74) is 0.766. The van der Waals surface area contributed by atoms with E-state index in [1.165, 1.54) is 6.21 Å². The van der Waals surface area contributed by atoms with Crippen LogP contribution < -0.4 is 0 Å². The Labute approximate surface area is 129 Å². The van der Waals surface area contributed by atoms with E-state index in [0.29, 0.717) is 0 Å². The van der Waals surface area contributed by atoms with Gasteiger partial charge in [0.1, 0.15) is 24.4 Å². The summed E-state index contributed by atoms with van der Waals surface area (Å²) in [7, 11) is 0. The van der Waals surface area contributed by atoms with E-state index in [9.17, 15) is 15.3 Å². The average Bonchev–Trinajstić information content (AvgIpc) is 2.49. The van der Waals surface area contributed by atoms with Gasteiger partial charge in [-0.1, -0.05) is 33.2 Å². The van der Waals surface area contributed by atoms with Crippen LogP contribution >= 0.6 is 15.9 Å². The standard InChI is InChI=1S/C13H16BrNO6/c14-8-3-1-7(2-4-8)5-15-21-13-12(19)11(18)10(17)9(6-16)20-13/h1-5,9-13,16-19H,6H2/b15-5+/t9?,10?,11-,12?,13-/m0/s1. The largest absolute Gasteiger partial charge is 0.394 e. The van der Waals surface area contributed by atoms with Crippen molar-refractivity contribution in [3.05, 3.63) is 34.3 Å². The summed E-state index contributed by atoms with van der Waals surface area (Å²) in [6.45, 7) is -0.513. The molecule has 1 aliphatic heterocycles. The maximum Gasteiger partial charge on any atom is 0.256 e. The molecule has 1 saturated heterocycles. The Bertz CT molecular complexity index is 480. The summed E-state index contributed by atoms with van der Waals surface area (Å²) in [6, 6.07) is 7.25. The van der Waals surface area contributed by atoms with Crippen molar-refractivity contribution in [2.75, 3.05) is 6.61 Å². The van der Waals surface area contributed by atoms with E-state index in [4.69, 9.17) is 14.7 Å². The van der Waals surface area contributed by atoms with Gasteiger partial charge in [0, 0.05) is 4.47 Å². The SMILES string of the molecule is OCC1O[C@@H](O/N=C/c2ccc(Br)cc2)C(O)[C@@H](O)C1O. The van der Waals surface area contributed by atoms with E-state index in [1.807, 2.05) is 12.1 Å². The average molecular weight is 362 g/mol. The highest BCUT2D eigenvalue weighted by Crippen LogP contribution is 2.22. The molecule has 0 aliphatic carbocycles. The molecule has 0 spiro atoms. The molecule has 0 amide bonds. The first-order valence-corrected chi connectivity index (χ1v) is 7.07. The molecule has 1 heterocycles. The predicted molar refractivity (Wildman–Crippen MR) is 76.6 cm³/mol. The Morgan fingerprint density at radius 1 is 1.14 bits per heavy atom. The molecule has 3 unspecified atom stereocenters. The summed E-state index contributed by atoms with van der Waals surface area (Å²) in [6.07, 6.45) is -5.24. The van der Waals surface area contributed by atoms with E-state index in [1.54, 1.807) is 12.1 Å². The monoisotopic (exact) mass is 361 g/mol. The number of hydrogen-bond donors (Lipinski definition) is 4. The first-order valence-electron chi connectivity index (χ1n) is 6.28. The Morgan fingerprint density at radius 2 is 1.81 bits per heavy atom. The van der Waals surface area contributed by atoms with Gasteiger partial charge in [-0.2, -0.15) is 0 Å². The Kier molecular flexibility index (Phi) is 5.68. The van der Waals surface area contributed by atoms with Crippen molar-refractivity contribution >= 4 is 22.1 Å². The fraction of sp³-hybridized carbons (Fsp3) is 0.462. The fourth-order valence-electron chi connectivity index (χ4n) is 1.85. The molecule has 4 N–H and O–H groups in total. The van der Waals surface area contributed by atoms with Gasteiger partial charge in [-0.25, -0.2) is 0 Å². The lowest BCUT2D eigenvalue weighted by atomic mass is 9.99. The zero-order chi connectivity index (χ0) is 15.4. The maximum atomic E-state index is 9.73. The topological polar surface area (TPSA) is 112 Å². The van der Waals surface area contributed by atoms with E-state index in [-0.39, 0.29) is 0 Å². The third-order valence-corrected chi connectivity index (χ3v) is 3.61. The van der Waals surface area contributed by atoms with Crippen LogP contribution in [0.5, 0.6) is 0 Å². The summed E-state index contributed by atoms with van der Waals surface area (Å²) < 4.78 is 6.06. The zero-order valence-electron chi connectivity index (χ0n) is 10.9. The van der Waals surface area contributed by atoms with Crippen LogP contribution in [0.15, 0.2) is 33.9 Å². The van der Waals surface area contributed by atoms with Gasteiger partial charge in [-0.15, -0.1) is 0 Å². The van der Waals surface area contributed by atoms with Crippen LogP contribution in [0.2, 0.25) is 0 Å². The molecule has 8 heteroatoms. The predicted octanol–water partition coefficient (Wildman–Crippen LogP) is -0.400. The lowest BCUT2D eigenvalue weighted by Gasteiger charge is -2.38. The minimum Gasteiger partial charge on any atom is -0.394 e. The van der Waals surface area contributed by atoms with Crippen LogP contribution in [0.3, 0.4) is 0 Å². The summed E-state index contributed by atoms with van der Waals surface area (Å²) >= 11 is 3.31. The van der Waals surface area contributed by atoms with E-state index in [2.05, 4.69) is 21.1 Å². The molecule has 0 aromatic heterocycles. The molecular formula is C13H16BrNO6. The van der Waals surface area contributed by atoms with E-state index in [0.717, 1.165) is 10.0 Å². The minimum absolute atomic E-state index is 0.513. The molecule has 2 rings (SSSR count). The number of halogens is 1. The summed E-state index contributed by atoms with van der Waals surface area (Å²) in [4.78, 5) is 4.98. The highest BCUT2D eigenvalue weighted by atomic mass is 79.9. The first-order chi connectivity index (χ1) is 10.0. The quantitative estimate of drug-likeness (QED) is 0.429. The second-order valence-electron chi connectivity index (χ2n) is 4.59. The molecule has 1 aromatic carbocycles.